The molecule has 1 atom stereocenters. The molecular formula is C29H37NO6. The van der Waals surface area contributed by atoms with Crippen molar-refractivity contribution in [2.45, 2.75) is 59.1 Å². The first-order valence-corrected chi connectivity index (χ1v) is 12.3. The van der Waals surface area contributed by atoms with Crippen molar-refractivity contribution in [1.29, 1.82) is 0 Å². The highest BCUT2D eigenvalue weighted by Gasteiger charge is 2.46. The summed E-state index contributed by atoms with van der Waals surface area (Å²) < 4.78 is 16.6. The van der Waals surface area contributed by atoms with Crippen molar-refractivity contribution in [2.24, 2.45) is 0 Å². The Hall–Kier alpha value is -3.32. The zero-order valence-electron chi connectivity index (χ0n) is 22.3. The molecule has 2 aromatic carbocycles. The van der Waals surface area contributed by atoms with E-state index in [9.17, 15) is 14.7 Å². The lowest BCUT2D eigenvalue weighted by Crippen LogP contribution is -2.31. The summed E-state index contributed by atoms with van der Waals surface area (Å²) in [6.45, 7) is 10.5. The monoisotopic (exact) mass is 495 g/mol. The molecule has 1 heterocycles. The van der Waals surface area contributed by atoms with Gasteiger partial charge in [0.05, 0.1) is 24.8 Å². The van der Waals surface area contributed by atoms with Gasteiger partial charge in [-0.25, -0.2) is 0 Å². The summed E-state index contributed by atoms with van der Waals surface area (Å²) in [5.41, 5.74) is 2.93. The zero-order valence-corrected chi connectivity index (χ0v) is 22.3. The van der Waals surface area contributed by atoms with Gasteiger partial charge in [-0.05, 0) is 74.1 Å². The number of carbonyl (C=O) groups is 2. The number of methoxy groups -OCH3 is 2. The van der Waals surface area contributed by atoms with Crippen molar-refractivity contribution in [3.8, 4) is 11.5 Å². The lowest BCUT2D eigenvalue weighted by atomic mass is 9.91. The molecule has 1 saturated heterocycles. The minimum absolute atomic E-state index is 0.0373. The van der Waals surface area contributed by atoms with Crippen LogP contribution < -0.4 is 9.47 Å². The summed E-state index contributed by atoms with van der Waals surface area (Å²) in [5, 5.41) is 11.6. The molecule has 0 spiro atoms. The number of rotatable bonds is 10. The van der Waals surface area contributed by atoms with E-state index >= 15 is 0 Å². The standard InChI is InChI=1S/C29H37NO6/c1-17(2)22-16-23(19(5)14-24(22)35-7)27(31)25-26(20-10-8-11-21(15-20)36-18(3)4)30(12-9-13-34-6)29(33)28(25)32/h8,10-11,14-18,26,31H,9,12-13H2,1-7H3/b27-25+. The molecule has 7 nitrogen and oxygen atoms in total. The summed E-state index contributed by atoms with van der Waals surface area (Å²) in [5.74, 6) is -0.0506. The number of hydrogen-bond acceptors (Lipinski definition) is 6. The number of likely N-dealkylation sites (tertiary alicyclic amines) is 1. The van der Waals surface area contributed by atoms with Crippen molar-refractivity contribution in [3.05, 3.63) is 64.2 Å². The molecule has 2 aromatic rings. The average Bonchev–Trinajstić information content (AvgIpc) is 3.08. The molecule has 36 heavy (non-hydrogen) atoms. The lowest BCUT2D eigenvalue weighted by molar-refractivity contribution is -0.140. The van der Waals surface area contributed by atoms with E-state index in [-0.39, 0.29) is 23.4 Å². The van der Waals surface area contributed by atoms with Crippen LogP contribution >= 0.6 is 0 Å². The van der Waals surface area contributed by atoms with Crippen LogP contribution in [-0.4, -0.2) is 55.2 Å². The Kier molecular flexibility index (Phi) is 8.79. The van der Waals surface area contributed by atoms with Gasteiger partial charge in [-0.15, -0.1) is 0 Å². The largest absolute Gasteiger partial charge is 0.507 e. The van der Waals surface area contributed by atoms with Gasteiger partial charge < -0.3 is 24.2 Å². The molecule has 0 saturated carbocycles. The SMILES string of the molecule is COCCCN1C(=O)C(=O)/C(=C(/O)c2cc(C(C)C)c(OC)cc2C)C1c1cccc(OC(C)C)c1. The molecule has 1 amide bonds. The van der Waals surface area contributed by atoms with Crippen LogP contribution in [0.3, 0.4) is 0 Å². The van der Waals surface area contributed by atoms with E-state index < -0.39 is 17.7 Å². The number of ketones is 1. The van der Waals surface area contributed by atoms with Crippen molar-refractivity contribution >= 4 is 17.4 Å². The molecular weight excluding hydrogens is 458 g/mol. The van der Waals surface area contributed by atoms with E-state index in [0.29, 0.717) is 42.2 Å². The topological polar surface area (TPSA) is 85.3 Å². The normalized spacial score (nSPS) is 17.4. The highest BCUT2D eigenvalue weighted by molar-refractivity contribution is 6.46. The second-order valence-corrected chi connectivity index (χ2v) is 9.64. The fourth-order valence-corrected chi connectivity index (χ4v) is 4.59. The first-order valence-electron chi connectivity index (χ1n) is 12.3. The van der Waals surface area contributed by atoms with Gasteiger partial charge in [0.2, 0.25) is 0 Å². The summed E-state index contributed by atoms with van der Waals surface area (Å²) >= 11 is 0. The number of aliphatic hydroxyl groups is 1. The molecule has 0 aromatic heterocycles. The second kappa shape index (κ2) is 11.6. The molecule has 0 aliphatic carbocycles. The number of Topliss-reactive ketones (excluding diaryl/α,β-unsaturated/α-hetero) is 1. The highest BCUT2D eigenvalue weighted by atomic mass is 16.5. The molecule has 1 unspecified atom stereocenters. The maximum Gasteiger partial charge on any atom is 0.295 e. The van der Waals surface area contributed by atoms with E-state index in [4.69, 9.17) is 14.2 Å². The fraction of sp³-hybridized carbons (Fsp3) is 0.448. The molecule has 194 valence electrons. The van der Waals surface area contributed by atoms with Gasteiger partial charge in [-0.1, -0.05) is 26.0 Å². The Morgan fingerprint density at radius 1 is 1.08 bits per heavy atom. The van der Waals surface area contributed by atoms with Crippen LogP contribution in [0.15, 0.2) is 42.0 Å². The Balaban J connectivity index is 2.22. The van der Waals surface area contributed by atoms with Crippen molar-refractivity contribution < 1.29 is 28.9 Å². The summed E-state index contributed by atoms with van der Waals surface area (Å²) in [6, 6.07) is 10.3. The van der Waals surface area contributed by atoms with Crippen LogP contribution in [0.5, 0.6) is 11.5 Å². The van der Waals surface area contributed by atoms with E-state index in [1.165, 1.54) is 4.90 Å². The molecule has 1 aliphatic heterocycles. The Labute approximate surface area is 213 Å². The first-order chi connectivity index (χ1) is 17.1. The minimum Gasteiger partial charge on any atom is -0.507 e. The predicted octanol–water partition coefficient (Wildman–Crippen LogP) is 5.37. The van der Waals surface area contributed by atoms with Gasteiger partial charge in [-0.2, -0.15) is 0 Å². The van der Waals surface area contributed by atoms with Gasteiger partial charge in [-0.3, -0.25) is 9.59 Å². The van der Waals surface area contributed by atoms with E-state index in [2.05, 4.69) is 0 Å². The van der Waals surface area contributed by atoms with Crippen LogP contribution in [0.1, 0.15) is 68.3 Å². The van der Waals surface area contributed by atoms with Crippen molar-refractivity contribution in [2.75, 3.05) is 27.4 Å². The van der Waals surface area contributed by atoms with Crippen LogP contribution in [0.2, 0.25) is 0 Å². The highest BCUT2D eigenvalue weighted by Crippen LogP contribution is 2.42. The number of ether oxygens (including phenoxy) is 3. The number of aryl methyl sites for hydroxylation is 1. The smallest absolute Gasteiger partial charge is 0.295 e. The maximum atomic E-state index is 13.4. The molecule has 1 aliphatic rings. The Morgan fingerprint density at radius 3 is 2.42 bits per heavy atom. The summed E-state index contributed by atoms with van der Waals surface area (Å²) in [7, 11) is 3.20. The molecule has 7 heteroatoms. The van der Waals surface area contributed by atoms with E-state index in [0.717, 1.165) is 11.1 Å². The minimum atomic E-state index is -0.749. The third-order valence-corrected chi connectivity index (χ3v) is 6.29. The molecule has 1 fully saturated rings. The number of benzene rings is 2. The quantitative estimate of drug-likeness (QED) is 0.206. The number of carbonyl (C=O) groups excluding carboxylic acids is 2. The molecule has 0 radical (unpaired) electrons. The Bertz CT molecular complexity index is 1150. The average molecular weight is 496 g/mol. The first kappa shape index (κ1) is 27.3. The van der Waals surface area contributed by atoms with E-state index in [1.807, 2.05) is 71.0 Å². The lowest BCUT2D eigenvalue weighted by Gasteiger charge is -2.26. The van der Waals surface area contributed by atoms with Crippen LogP contribution in [0, 0.1) is 6.92 Å². The number of nitrogens with zero attached hydrogens (tertiary/aromatic N) is 1. The van der Waals surface area contributed by atoms with Crippen molar-refractivity contribution in [1.82, 2.24) is 4.90 Å². The van der Waals surface area contributed by atoms with Crippen LogP contribution in [0.4, 0.5) is 0 Å². The number of aliphatic hydroxyl groups excluding tert-OH is 1. The van der Waals surface area contributed by atoms with Gasteiger partial charge >= 0.3 is 0 Å². The zero-order chi connectivity index (χ0) is 26.6. The summed E-state index contributed by atoms with van der Waals surface area (Å²) in [4.78, 5) is 28.1. The third kappa shape index (κ3) is 5.57. The van der Waals surface area contributed by atoms with Crippen molar-refractivity contribution in [3.63, 3.8) is 0 Å². The van der Waals surface area contributed by atoms with Gasteiger partial charge in [0.1, 0.15) is 17.3 Å². The van der Waals surface area contributed by atoms with Crippen LogP contribution in [0.25, 0.3) is 5.76 Å². The number of amides is 1. The van der Waals surface area contributed by atoms with Gasteiger partial charge in [0.15, 0.2) is 0 Å². The molecule has 3 rings (SSSR count). The predicted molar refractivity (Wildman–Crippen MR) is 140 cm³/mol. The maximum absolute atomic E-state index is 13.4. The fourth-order valence-electron chi connectivity index (χ4n) is 4.59. The Morgan fingerprint density at radius 2 is 1.81 bits per heavy atom. The molecule has 0 bridgehead atoms. The molecule has 1 N–H and O–H groups in total. The van der Waals surface area contributed by atoms with E-state index in [1.54, 1.807) is 14.2 Å². The number of hydrogen-bond donors (Lipinski definition) is 1. The second-order valence-electron chi connectivity index (χ2n) is 9.64. The van der Waals surface area contributed by atoms with Gasteiger partial charge in [0, 0.05) is 25.8 Å². The summed E-state index contributed by atoms with van der Waals surface area (Å²) in [6.07, 6.45) is 0.520. The van der Waals surface area contributed by atoms with Crippen LogP contribution in [-0.2, 0) is 14.3 Å². The third-order valence-electron chi connectivity index (χ3n) is 6.29. The van der Waals surface area contributed by atoms with Gasteiger partial charge in [0.25, 0.3) is 11.7 Å².